The summed E-state index contributed by atoms with van der Waals surface area (Å²) in [6.07, 6.45) is 9.97. The Morgan fingerprint density at radius 1 is 1.09 bits per heavy atom. The molecular weight excluding hydrogens is 276 g/mol. The minimum atomic E-state index is -0.528. The van der Waals surface area contributed by atoms with Gasteiger partial charge in [0.15, 0.2) is 0 Å². The molecule has 4 aliphatic rings. The molecule has 0 aromatic rings. The average molecular weight is 304 g/mol. The Morgan fingerprint density at radius 3 is 2.68 bits per heavy atom. The lowest BCUT2D eigenvalue weighted by Gasteiger charge is -2.59. The number of aliphatic carboxylic acids is 1. The van der Waals surface area contributed by atoms with Gasteiger partial charge in [-0.15, -0.1) is 0 Å². The summed E-state index contributed by atoms with van der Waals surface area (Å²) in [5.74, 6) is 2.15. The van der Waals surface area contributed by atoms with Crippen LogP contribution in [0.3, 0.4) is 0 Å². The van der Waals surface area contributed by atoms with Gasteiger partial charge in [-0.25, -0.2) is 0 Å². The highest BCUT2D eigenvalue weighted by molar-refractivity contribution is 5.79. The maximum Gasteiger partial charge on any atom is 0.309 e. The third-order valence-corrected chi connectivity index (χ3v) is 8.25. The number of fused-ring (bicyclic) bond motifs is 5. The van der Waals surface area contributed by atoms with Crippen molar-refractivity contribution in [2.75, 3.05) is 0 Å². The van der Waals surface area contributed by atoms with Crippen LogP contribution in [0, 0.1) is 34.5 Å². The van der Waals surface area contributed by atoms with Gasteiger partial charge in [-0.3, -0.25) is 9.59 Å². The summed E-state index contributed by atoms with van der Waals surface area (Å²) < 4.78 is 0. The lowest BCUT2D eigenvalue weighted by Crippen LogP contribution is -2.54. The number of hydrogen-bond donors (Lipinski definition) is 1. The van der Waals surface area contributed by atoms with Crippen LogP contribution in [0.15, 0.2) is 0 Å². The molecule has 1 unspecified atom stereocenters. The smallest absolute Gasteiger partial charge is 0.309 e. The summed E-state index contributed by atoms with van der Waals surface area (Å²) in [4.78, 5) is 23.9. The zero-order valence-electron chi connectivity index (χ0n) is 13.6. The maximum atomic E-state index is 12.0. The number of Topliss-reactive ketones (excluding diaryl/α,β-unsaturated/α-hetero) is 1. The lowest BCUT2D eigenvalue weighted by atomic mass is 9.45. The fraction of sp³-hybridized carbons (Fsp3) is 0.895. The Labute approximate surface area is 132 Å². The molecule has 0 bridgehead atoms. The van der Waals surface area contributed by atoms with Crippen LogP contribution < -0.4 is 0 Å². The summed E-state index contributed by atoms with van der Waals surface area (Å²) in [6, 6.07) is 0. The first-order valence-corrected chi connectivity index (χ1v) is 9.22. The fourth-order valence-corrected chi connectivity index (χ4v) is 7.07. The first-order chi connectivity index (χ1) is 10.5. The van der Waals surface area contributed by atoms with Crippen LogP contribution in [0.4, 0.5) is 0 Å². The quantitative estimate of drug-likeness (QED) is 0.795. The van der Waals surface area contributed by atoms with Gasteiger partial charge in [-0.05, 0) is 74.0 Å². The van der Waals surface area contributed by atoms with E-state index in [0.717, 1.165) is 64.2 Å². The maximum absolute atomic E-state index is 12.0. The van der Waals surface area contributed by atoms with Crippen molar-refractivity contribution in [3.8, 4) is 0 Å². The van der Waals surface area contributed by atoms with Crippen LogP contribution in [0.2, 0.25) is 0 Å². The third-order valence-electron chi connectivity index (χ3n) is 8.25. The van der Waals surface area contributed by atoms with Crippen LogP contribution in [0.1, 0.15) is 71.1 Å². The highest BCUT2D eigenvalue weighted by Crippen LogP contribution is 2.66. The number of rotatable bonds is 1. The molecular formula is C19H28O3. The molecule has 4 aliphatic carbocycles. The molecule has 6 atom stereocenters. The highest BCUT2D eigenvalue weighted by atomic mass is 16.4. The van der Waals surface area contributed by atoms with Crippen molar-refractivity contribution in [3.05, 3.63) is 0 Å². The Balaban J connectivity index is 1.65. The number of carbonyl (C=O) groups is 2. The van der Waals surface area contributed by atoms with Gasteiger partial charge in [-0.2, -0.15) is 0 Å². The molecule has 4 fully saturated rings. The van der Waals surface area contributed by atoms with E-state index < -0.39 is 11.4 Å². The third kappa shape index (κ3) is 1.80. The van der Waals surface area contributed by atoms with Crippen molar-refractivity contribution in [1.29, 1.82) is 0 Å². The monoisotopic (exact) mass is 304 g/mol. The second-order valence-corrected chi connectivity index (χ2v) is 8.79. The van der Waals surface area contributed by atoms with Crippen LogP contribution in [-0.4, -0.2) is 16.9 Å². The fourth-order valence-electron chi connectivity index (χ4n) is 7.07. The van der Waals surface area contributed by atoms with Gasteiger partial charge in [0.1, 0.15) is 5.78 Å². The van der Waals surface area contributed by atoms with E-state index >= 15 is 0 Å². The van der Waals surface area contributed by atoms with Crippen LogP contribution in [-0.2, 0) is 9.59 Å². The molecule has 22 heavy (non-hydrogen) atoms. The van der Waals surface area contributed by atoms with Gasteiger partial charge >= 0.3 is 5.97 Å². The number of carboxylic acids is 1. The van der Waals surface area contributed by atoms with Crippen molar-refractivity contribution >= 4 is 11.8 Å². The molecule has 0 aliphatic heterocycles. The van der Waals surface area contributed by atoms with Gasteiger partial charge in [0.2, 0.25) is 0 Å². The Bertz CT molecular complexity index is 513. The van der Waals surface area contributed by atoms with E-state index in [1.165, 1.54) is 0 Å². The van der Waals surface area contributed by atoms with Crippen molar-refractivity contribution in [1.82, 2.24) is 0 Å². The van der Waals surface area contributed by atoms with E-state index in [0.29, 0.717) is 34.9 Å². The number of hydrogen-bond acceptors (Lipinski definition) is 2. The van der Waals surface area contributed by atoms with Gasteiger partial charge in [0, 0.05) is 12.8 Å². The predicted molar refractivity (Wildman–Crippen MR) is 83.3 cm³/mol. The van der Waals surface area contributed by atoms with Gasteiger partial charge in [-0.1, -0.05) is 13.3 Å². The second-order valence-electron chi connectivity index (χ2n) is 8.79. The lowest BCUT2D eigenvalue weighted by molar-refractivity contribution is -0.166. The van der Waals surface area contributed by atoms with E-state index in [1.807, 2.05) is 0 Å². The minimum absolute atomic E-state index is 0.296. The van der Waals surface area contributed by atoms with Crippen molar-refractivity contribution < 1.29 is 14.7 Å². The van der Waals surface area contributed by atoms with E-state index in [2.05, 4.69) is 6.92 Å². The van der Waals surface area contributed by atoms with E-state index in [4.69, 9.17) is 0 Å². The summed E-state index contributed by atoms with van der Waals surface area (Å²) in [7, 11) is 0. The van der Waals surface area contributed by atoms with E-state index in [-0.39, 0.29) is 0 Å². The van der Waals surface area contributed by atoms with Crippen molar-refractivity contribution in [2.24, 2.45) is 34.5 Å². The second kappa shape index (κ2) is 4.82. The topological polar surface area (TPSA) is 54.4 Å². The standard InChI is InChI=1S/C19H28O3/c1-18-9-6-13(20)11-12(18)4-5-14-15(18)7-10-19(17(21)22)8-2-3-16(14)19/h12,14-16H,2-11H2,1H3,(H,21,22)/t12?,14-,15+,16+,18+,19-/m1/s1. The summed E-state index contributed by atoms with van der Waals surface area (Å²) in [6.45, 7) is 2.42. The zero-order chi connectivity index (χ0) is 15.5. The first kappa shape index (κ1) is 14.7. The molecule has 1 N–H and O–H groups in total. The average Bonchev–Trinajstić information content (AvgIpc) is 2.93. The molecule has 4 rings (SSSR count). The molecule has 0 aromatic heterocycles. The molecule has 0 aromatic carbocycles. The molecule has 4 saturated carbocycles. The Hall–Kier alpha value is -0.860. The minimum Gasteiger partial charge on any atom is -0.481 e. The molecule has 0 amide bonds. The molecule has 122 valence electrons. The van der Waals surface area contributed by atoms with Gasteiger partial charge in [0.05, 0.1) is 5.41 Å². The molecule has 0 spiro atoms. The number of ketones is 1. The van der Waals surface area contributed by atoms with E-state index in [9.17, 15) is 14.7 Å². The van der Waals surface area contributed by atoms with Crippen LogP contribution in [0.25, 0.3) is 0 Å². The number of carboxylic acid groups (broad SMARTS) is 1. The Kier molecular flexibility index (Phi) is 3.22. The number of carbonyl (C=O) groups excluding carboxylic acids is 1. The highest BCUT2D eigenvalue weighted by Gasteiger charge is 2.61. The summed E-state index contributed by atoms with van der Waals surface area (Å²) in [5, 5.41) is 9.88. The van der Waals surface area contributed by atoms with E-state index in [1.54, 1.807) is 0 Å². The molecule has 0 heterocycles. The largest absolute Gasteiger partial charge is 0.481 e. The summed E-state index contributed by atoms with van der Waals surface area (Å²) in [5.41, 5.74) is -0.112. The van der Waals surface area contributed by atoms with Gasteiger partial charge < -0.3 is 5.11 Å². The molecule has 3 nitrogen and oxygen atoms in total. The van der Waals surface area contributed by atoms with Crippen LogP contribution in [0.5, 0.6) is 0 Å². The normalized spacial score (nSPS) is 50.9. The molecule has 3 heteroatoms. The summed E-state index contributed by atoms with van der Waals surface area (Å²) >= 11 is 0. The first-order valence-electron chi connectivity index (χ1n) is 9.22. The molecule has 0 saturated heterocycles. The van der Waals surface area contributed by atoms with Crippen LogP contribution >= 0.6 is 0 Å². The Morgan fingerprint density at radius 2 is 1.91 bits per heavy atom. The van der Waals surface area contributed by atoms with Crippen molar-refractivity contribution in [3.63, 3.8) is 0 Å². The van der Waals surface area contributed by atoms with Gasteiger partial charge in [0.25, 0.3) is 0 Å². The SMILES string of the molecule is C[C@]12CCC(=O)CC1CC[C@H]1[C@@H]3CCC[C@@]3(C(=O)O)CC[C@@H]12. The molecule has 0 radical (unpaired) electrons. The van der Waals surface area contributed by atoms with Crippen molar-refractivity contribution in [2.45, 2.75) is 71.1 Å². The zero-order valence-corrected chi connectivity index (χ0v) is 13.6. The predicted octanol–water partition coefficient (Wildman–Crippen LogP) is 4.05.